The maximum atomic E-state index is 12.5. The molecule has 3 heterocycles. The highest BCUT2D eigenvalue weighted by atomic mass is 35.5. The summed E-state index contributed by atoms with van der Waals surface area (Å²) >= 11 is 9.02. The van der Waals surface area contributed by atoms with Crippen molar-refractivity contribution in [1.82, 2.24) is 20.1 Å². The Hall–Kier alpha value is -1.70. The third-order valence-electron chi connectivity index (χ3n) is 4.39. The number of thiazole rings is 1. The number of nitrogens with one attached hydrogen (secondary N) is 1. The van der Waals surface area contributed by atoms with Crippen molar-refractivity contribution >= 4 is 40.2 Å². The van der Waals surface area contributed by atoms with Crippen LogP contribution in [-0.4, -0.2) is 20.7 Å². The standard InChI is InChI=1S/C17H17ClN4OS2/c1-22-13-4-2-3-12(11(13)8-19-22)21-16(23)7-10-9-24-17(20-10)14-5-6-15(18)25-14/h5-6,8-9,12H,2-4,7H2,1H3,(H,21,23). The molecule has 1 N–H and O–H groups in total. The molecule has 25 heavy (non-hydrogen) atoms. The van der Waals surface area contributed by atoms with Crippen molar-refractivity contribution in [3.8, 4) is 9.88 Å². The van der Waals surface area contributed by atoms with Crippen molar-refractivity contribution in [2.24, 2.45) is 7.05 Å². The number of amides is 1. The highest BCUT2D eigenvalue weighted by Crippen LogP contribution is 2.33. The van der Waals surface area contributed by atoms with E-state index in [9.17, 15) is 4.79 Å². The van der Waals surface area contributed by atoms with E-state index in [0.717, 1.165) is 44.7 Å². The van der Waals surface area contributed by atoms with E-state index in [1.807, 2.05) is 35.4 Å². The molecule has 0 saturated carbocycles. The Balaban J connectivity index is 1.42. The van der Waals surface area contributed by atoms with Crippen molar-refractivity contribution in [3.05, 3.63) is 45.0 Å². The second-order valence-electron chi connectivity index (χ2n) is 6.11. The molecule has 1 amide bonds. The number of thiophene rings is 1. The summed E-state index contributed by atoms with van der Waals surface area (Å²) in [6.45, 7) is 0. The largest absolute Gasteiger partial charge is 0.349 e. The topological polar surface area (TPSA) is 59.8 Å². The number of hydrogen-bond acceptors (Lipinski definition) is 5. The van der Waals surface area contributed by atoms with Crippen LogP contribution in [0.5, 0.6) is 0 Å². The van der Waals surface area contributed by atoms with E-state index >= 15 is 0 Å². The molecule has 0 aliphatic heterocycles. The number of nitrogens with zero attached hydrogens (tertiary/aromatic N) is 3. The van der Waals surface area contributed by atoms with E-state index in [4.69, 9.17) is 11.6 Å². The van der Waals surface area contributed by atoms with Crippen LogP contribution in [0.1, 0.15) is 35.8 Å². The van der Waals surface area contributed by atoms with Gasteiger partial charge in [0, 0.05) is 23.7 Å². The number of hydrogen-bond donors (Lipinski definition) is 1. The molecular weight excluding hydrogens is 376 g/mol. The molecular formula is C17H17ClN4OS2. The van der Waals surface area contributed by atoms with E-state index in [1.165, 1.54) is 17.0 Å². The van der Waals surface area contributed by atoms with Gasteiger partial charge in [-0.1, -0.05) is 11.6 Å². The van der Waals surface area contributed by atoms with Gasteiger partial charge in [-0.05, 0) is 31.4 Å². The first kappa shape index (κ1) is 16.8. The zero-order valence-corrected chi connectivity index (χ0v) is 16.0. The molecule has 0 radical (unpaired) electrons. The first-order valence-electron chi connectivity index (χ1n) is 8.10. The summed E-state index contributed by atoms with van der Waals surface area (Å²) < 4.78 is 2.65. The minimum atomic E-state index is 0.00256. The van der Waals surface area contributed by atoms with E-state index in [1.54, 1.807) is 11.3 Å². The Bertz CT molecular complexity index is 914. The minimum Gasteiger partial charge on any atom is -0.349 e. The van der Waals surface area contributed by atoms with Crippen LogP contribution in [0.25, 0.3) is 9.88 Å². The number of carbonyl (C=O) groups excluding carboxylic acids is 1. The average Bonchev–Trinajstić information content (AvgIpc) is 3.29. The zero-order chi connectivity index (χ0) is 17.4. The number of aromatic nitrogens is 3. The van der Waals surface area contributed by atoms with Gasteiger partial charge in [0.05, 0.1) is 33.6 Å². The van der Waals surface area contributed by atoms with Gasteiger partial charge < -0.3 is 5.32 Å². The summed E-state index contributed by atoms with van der Waals surface area (Å²) in [5.41, 5.74) is 3.17. The van der Waals surface area contributed by atoms with Crippen molar-refractivity contribution in [2.45, 2.75) is 31.7 Å². The quantitative estimate of drug-likeness (QED) is 0.730. The van der Waals surface area contributed by atoms with Gasteiger partial charge >= 0.3 is 0 Å². The third-order valence-corrected chi connectivity index (χ3v) is 6.68. The van der Waals surface area contributed by atoms with Gasteiger partial charge in [0.25, 0.3) is 0 Å². The van der Waals surface area contributed by atoms with Crippen molar-refractivity contribution in [2.75, 3.05) is 0 Å². The second kappa shape index (κ2) is 6.90. The Morgan fingerprint density at radius 2 is 2.36 bits per heavy atom. The molecule has 1 aliphatic rings. The van der Waals surface area contributed by atoms with Gasteiger partial charge in [0.2, 0.25) is 5.91 Å². The lowest BCUT2D eigenvalue weighted by Gasteiger charge is -2.23. The molecule has 0 fully saturated rings. The highest BCUT2D eigenvalue weighted by Gasteiger charge is 2.25. The van der Waals surface area contributed by atoms with Crippen LogP contribution in [0.4, 0.5) is 0 Å². The van der Waals surface area contributed by atoms with Crippen molar-refractivity contribution in [1.29, 1.82) is 0 Å². The molecule has 4 rings (SSSR count). The highest BCUT2D eigenvalue weighted by molar-refractivity contribution is 7.23. The molecule has 1 unspecified atom stereocenters. The Labute approximate surface area is 158 Å². The normalized spacial score (nSPS) is 16.6. The van der Waals surface area contributed by atoms with Crippen LogP contribution in [0, 0.1) is 0 Å². The Morgan fingerprint density at radius 1 is 1.48 bits per heavy atom. The van der Waals surface area contributed by atoms with Crippen LogP contribution in [0.3, 0.4) is 0 Å². The fraction of sp³-hybridized carbons (Fsp3) is 0.353. The van der Waals surface area contributed by atoms with Gasteiger partial charge in [-0.2, -0.15) is 5.10 Å². The fourth-order valence-corrected chi connectivity index (χ4v) is 5.13. The number of halogens is 1. The van der Waals surface area contributed by atoms with Crippen molar-refractivity contribution in [3.63, 3.8) is 0 Å². The third kappa shape index (κ3) is 3.49. The molecule has 0 saturated heterocycles. The Morgan fingerprint density at radius 3 is 3.16 bits per heavy atom. The lowest BCUT2D eigenvalue weighted by Crippen LogP contribution is -2.32. The number of aryl methyl sites for hydroxylation is 1. The molecule has 0 aromatic carbocycles. The summed E-state index contributed by atoms with van der Waals surface area (Å²) in [6, 6.07) is 3.88. The molecule has 1 aliphatic carbocycles. The summed E-state index contributed by atoms with van der Waals surface area (Å²) in [6.07, 6.45) is 5.22. The summed E-state index contributed by atoms with van der Waals surface area (Å²) in [5.74, 6) is 0.00256. The van der Waals surface area contributed by atoms with Crippen LogP contribution >= 0.6 is 34.3 Å². The number of fused-ring (bicyclic) bond motifs is 1. The Kier molecular flexibility index (Phi) is 4.62. The van der Waals surface area contributed by atoms with Gasteiger partial charge in [-0.3, -0.25) is 9.48 Å². The minimum absolute atomic E-state index is 0.00256. The maximum Gasteiger partial charge on any atom is 0.226 e. The molecule has 3 aromatic rings. The second-order valence-corrected chi connectivity index (χ2v) is 8.68. The zero-order valence-electron chi connectivity index (χ0n) is 13.7. The molecule has 0 spiro atoms. The van der Waals surface area contributed by atoms with Crippen LogP contribution in [0.15, 0.2) is 23.7 Å². The molecule has 8 heteroatoms. The lowest BCUT2D eigenvalue weighted by molar-refractivity contribution is -0.121. The predicted molar refractivity (Wildman–Crippen MR) is 101 cm³/mol. The number of rotatable bonds is 4. The van der Waals surface area contributed by atoms with E-state index in [0.29, 0.717) is 6.42 Å². The summed E-state index contributed by atoms with van der Waals surface area (Å²) in [4.78, 5) is 18.1. The molecule has 5 nitrogen and oxygen atoms in total. The predicted octanol–water partition coefficient (Wildman–Crippen LogP) is 3.99. The molecule has 130 valence electrons. The molecule has 3 aromatic heterocycles. The first-order chi connectivity index (χ1) is 12.1. The lowest BCUT2D eigenvalue weighted by atomic mass is 9.93. The van der Waals surface area contributed by atoms with Gasteiger partial charge in [0.1, 0.15) is 5.01 Å². The maximum absolute atomic E-state index is 12.5. The van der Waals surface area contributed by atoms with Crippen LogP contribution < -0.4 is 5.32 Å². The summed E-state index contributed by atoms with van der Waals surface area (Å²) in [7, 11) is 1.96. The van der Waals surface area contributed by atoms with Crippen LogP contribution in [0.2, 0.25) is 4.34 Å². The molecule has 1 atom stereocenters. The van der Waals surface area contributed by atoms with Gasteiger partial charge in [-0.15, -0.1) is 22.7 Å². The SMILES string of the molecule is Cn1ncc2c1CCCC2NC(=O)Cc1csc(-c2ccc(Cl)s2)n1. The fourth-order valence-electron chi connectivity index (χ4n) is 3.20. The van der Waals surface area contributed by atoms with Gasteiger partial charge in [-0.25, -0.2) is 4.98 Å². The van der Waals surface area contributed by atoms with E-state index in [2.05, 4.69) is 15.4 Å². The number of carbonyl (C=O) groups is 1. The monoisotopic (exact) mass is 392 g/mol. The molecule has 0 bridgehead atoms. The van der Waals surface area contributed by atoms with Crippen LogP contribution in [-0.2, 0) is 24.7 Å². The van der Waals surface area contributed by atoms with Crippen molar-refractivity contribution < 1.29 is 4.79 Å². The first-order valence-corrected chi connectivity index (χ1v) is 10.2. The van der Waals surface area contributed by atoms with E-state index < -0.39 is 0 Å². The summed E-state index contributed by atoms with van der Waals surface area (Å²) in [5, 5.41) is 10.3. The van der Waals surface area contributed by atoms with E-state index in [-0.39, 0.29) is 11.9 Å². The smallest absolute Gasteiger partial charge is 0.226 e. The van der Waals surface area contributed by atoms with Gasteiger partial charge in [0.15, 0.2) is 0 Å². The average molecular weight is 393 g/mol.